The molecule has 0 radical (unpaired) electrons. The lowest BCUT2D eigenvalue weighted by Crippen LogP contribution is -2.34. The smallest absolute Gasteiger partial charge is 0.414 e. The molecule has 4 aromatic carbocycles. The Hall–Kier alpha value is -3.86. The van der Waals surface area contributed by atoms with Gasteiger partial charge in [-0.2, -0.15) is 0 Å². The summed E-state index contributed by atoms with van der Waals surface area (Å²) < 4.78 is 5.59. The predicted octanol–water partition coefficient (Wildman–Crippen LogP) is 6.73. The molecule has 0 aliphatic heterocycles. The van der Waals surface area contributed by atoms with Crippen LogP contribution in [0.25, 0.3) is 32.7 Å². The van der Waals surface area contributed by atoms with E-state index in [2.05, 4.69) is 0 Å². The molecule has 1 N–H and O–H groups in total. The van der Waals surface area contributed by atoms with Gasteiger partial charge in [0, 0.05) is 18.2 Å². The van der Waals surface area contributed by atoms with E-state index in [1.807, 2.05) is 87.5 Å². The molecule has 0 bridgehead atoms. The van der Waals surface area contributed by atoms with Crippen molar-refractivity contribution in [3.05, 3.63) is 78.4 Å². The van der Waals surface area contributed by atoms with Crippen molar-refractivity contribution in [3.63, 3.8) is 0 Å². The van der Waals surface area contributed by atoms with Crippen molar-refractivity contribution >= 4 is 39.3 Å². The first-order chi connectivity index (χ1) is 15.2. The lowest BCUT2D eigenvalue weighted by atomic mass is 9.88. The van der Waals surface area contributed by atoms with Crippen LogP contribution in [0.2, 0.25) is 0 Å². The Kier molecular flexibility index (Phi) is 5.35. The fourth-order valence-electron chi connectivity index (χ4n) is 3.95. The molecule has 32 heavy (non-hydrogen) atoms. The minimum Gasteiger partial charge on any atom is -0.478 e. The second-order valence-corrected chi connectivity index (χ2v) is 8.73. The Morgan fingerprint density at radius 1 is 0.781 bits per heavy atom. The average molecular weight is 428 g/mol. The van der Waals surface area contributed by atoms with Crippen LogP contribution in [0.1, 0.15) is 31.1 Å². The van der Waals surface area contributed by atoms with Gasteiger partial charge in [-0.3, -0.25) is 4.90 Å². The van der Waals surface area contributed by atoms with E-state index in [0.717, 1.165) is 21.5 Å². The number of carbonyl (C=O) groups is 2. The summed E-state index contributed by atoms with van der Waals surface area (Å²) >= 11 is 0. The molecule has 4 aromatic rings. The number of ether oxygens (including phenoxy) is 1. The van der Waals surface area contributed by atoms with Crippen molar-refractivity contribution in [2.75, 3.05) is 11.9 Å². The average Bonchev–Trinajstić information content (AvgIpc) is 2.75. The molecule has 0 aromatic heterocycles. The van der Waals surface area contributed by atoms with Crippen molar-refractivity contribution < 1.29 is 19.4 Å². The molecule has 4 rings (SSSR count). The molecule has 0 spiro atoms. The lowest BCUT2D eigenvalue weighted by Gasteiger charge is -2.27. The number of amides is 1. The molecule has 0 saturated carbocycles. The van der Waals surface area contributed by atoms with Gasteiger partial charge in [-0.15, -0.1) is 0 Å². The molecular weight excluding hydrogens is 402 g/mol. The SMILES string of the molecule is CN(C(=O)OC(C)(C)C)c1ccc2ccccc2c1-c1c(C(=O)O)ccc2ccccc12. The number of hydrogen-bond donors (Lipinski definition) is 1. The number of benzene rings is 4. The van der Waals surface area contributed by atoms with Gasteiger partial charge in [0.1, 0.15) is 5.60 Å². The number of carboxylic acids is 1. The second-order valence-electron chi connectivity index (χ2n) is 8.73. The Balaban J connectivity index is 2.09. The maximum atomic E-state index is 12.9. The number of anilines is 1. The van der Waals surface area contributed by atoms with Crippen LogP contribution in [-0.2, 0) is 4.74 Å². The van der Waals surface area contributed by atoms with E-state index >= 15 is 0 Å². The van der Waals surface area contributed by atoms with E-state index < -0.39 is 17.7 Å². The molecule has 0 saturated heterocycles. The van der Waals surface area contributed by atoms with E-state index in [-0.39, 0.29) is 5.56 Å². The monoisotopic (exact) mass is 427 g/mol. The standard InChI is InChI=1S/C27H25NO4/c1-27(2,3)32-26(31)28(4)22-16-14-18-10-6-8-12-20(18)24(22)23-19-11-7-5-9-17(19)13-15-21(23)25(29)30/h5-16H,1-4H3,(H,29,30). The van der Waals surface area contributed by atoms with E-state index in [1.54, 1.807) is 13.1 Å². The molecule has 0 aliphatic rings. The van der Waals surface area contributed by atoms with Crippen molar-refractivity contribution in [3.8, 4) is 11.1 Å². The van der Waals surface area contributed by atoms with E-state index in [4.69, 9.17) is 4.74 Å². The summed E-state index contributed by atoms with van der Waals surface area (Å²) in [7, 11) is 1.65. The maximum Gasteiger partial charge on any atom is 0.414 e. The Bertz CT molecular complexity index is 1350. The Morgan fingerprint density at radius 3 is 1.88 bits per heavy atom. The van der Waals surface area contributed by atoms with Crippen molar-refractivity contribution in [1.29, 1.82) is 0 Å². The van der Waals surface area contributed by atoms with Crippen LogP contribution in [0.3, 0.4) is 0 Å². The normalized spacial score (nSPS) is 11.5. The van der Waals surface area contributed by atoms with Gasteiger partial charge < -0.3 is 9.84 Å². The highest BCUT2D eigenvalue weighted by atomic mass is 16.6. The highest BCUT2D eigenvalue weighted by Crippen LogP contribution is 2.42. The summed E-state index contributed by atoms with van der Waals surface area (Å²) in [5.74, 6) is -1.02. The van der Waals surface area contributed by atoms with Gasteiger partial charge in [0.2, 0.25) is 0 Å². The molecule has 0 fully saturated rings. The minimum atomic E-state index is -1.02. The third-order valence-corrected chi connectivity index (χ3v) is 5.35. The van der Waals surface area contributed by atoms with E-state index in [0.29, 0.717) is 16.8 Å². The summed E-state index contributed by atoms with van der Waals surface area (Å²) in [6.45, 7) is 5.44. The summed E-state index contributed by atoms with van der Waals surface area (Å²) in [6.07, 6.45) is -0.508. The number of nitrogens with zero attached hydrogens (tertiary/aromatic N) is 1. The topological polar surface area (TPSA) is 66.8 Å². The van der Waals surface area contributed by atoms with Crippen LogP contribution < -0.4 is 4.90 Å². The molecule has 0 heterocycles. The molecule has 162 valence electrons. The van der Waals surface area contributed by atoms with Gasteiger partial charge in [0.25, 0.3) is 0 Å². The zero-order valence-electron chi connectivity index (χ0n) is 18.5. The largest absolute Gasteiger partial charge is 0.478 e. The van der Waals surface area contributed by atoms with Crippen LogP contribution in [0.4, 0.5) is 10.5 Å². The van der Waals surface area contributed by atoms with Crippen molar-refractivity contribution in [2.45, 2.75) is 26.4 Å². The second kappa shape index (κ2) is 8.00. The van der Waals surface area contributed by atoms with Crippen molar-refractivity contribution in [2.24, 2.45) is 0 Å². The Morgan fingerprint density at radius 2 is 1.31 bits per heavy atom. The quantitative estimate of drug-likeness (QED) is 0.394. The lowest BCUT2D eigenvalue weighted by molar-refractivity contribution is 0.0588. The van der Waals surface area contributed by atoms with Crippen LogP contribution in [0.5, 0.6) is 0 Å². The van der Waals surface area contributed by atoms with Crippen molar-refractivity contribution in [1.82, 2.24) is 0 Å². The number of fused-ring (bicyclic) bond motifs is 2. The van der Waals surface area contributed by atoms with Gasteiger partial charge >= 0.3 is 12.1 Å². The molecule has 1 amide bonds. The first-order valence-electron chi connectivity index (χ1n) is 10.4. The first-order valence-corrected chi connectivity index (χ1v) is 10.4. The highest BCUT2D eigenvalue weighted by molar-refractivity contribution is 6.16. The number of carboxylic acid groups (broad SMARTS) is 1. The maximum absolute atomic E-state index is 12.9. The third kappa shape index (κ3) is 3.89. The fourth-order valence-corrected chi connectivity index (χ4v) is 3.95. The fraction of sp³-hybridized carbons (Fsp3) is 0.185. The summed E-state index contributed by atoms with van der Waals surface area (Å²) in [4.78, 5) is 26.7. The first kappa shape index (κ1) is 21.4. The van der Waals surface area contributed by atoms with Crippen LogP contribution in [0.15, 0.2) is 72.8 Å². The number of aromatic carboxylic acids is 1. The van der Waals surface area contributed by atoms with Gasteiger partial charge in [-0.25, -0.2) is 9.59 Å². The summed E-state index contributed by atoms with van der Waals surface area (Å²) in [5, 5.41) is 13.6. The van der Waals surface area contributed by atoms with Crippen LogP contribution in [0, 0.1) is 0 Å². The predicted molar refractivity (Wildman–Crippen MR) is 128 cm³/mol. The van der Waals surface area contributed by atoms with E-state index in [1.165, 1.54) is 4.90 Å². The summed E-state index contributed by atoms with van der Waals surface area (Å²) in [5.41, 5.74) is 1.37. The van der Waals surface area contributed by atoms with Gasteiger partial charge in [0.05, 0.1) is 11.3 Å². The molecular formula is C27H25NO4. The number of carbonyl (C=O) groups excluding carboxylic acids is 1. The van der Waals surface area contributed by atoms with Crippen LogP contribution in [-0.4, -0.2) is 29.8 Å². The van der Waals surface area contributed by atoms with Gasteiger partial charge in [-0.05, 0) is 54.4 Å². The van der Waals surface area contributed by atoms with E-state index in [9.17, 15) is 14.7 Å². The zero-order valence-corrected chi connectivity index (χ0v) is 18.5. The number of rotatable bonds is 3. The van der Waals surface area contributed by atoms with Gasteiger partial charge in [-0.1, -0.05) is 60.7 Å². The molecule has 0 aliphatic carbocycles. The summed E-state index contributed by atoms with van der Waals surface area (Å²) in [6, 6.07) is 22.6. The Labute approximate surface area is 186 Å². The molecule has 0 atom stereocenters. The van der Waals surface area contributed by atoms with Gasteiger partial charge in [0.15, 0.2) is 0 Å². The zero-order chi connectivity index (χ0) is 23.0. The molecule has 0 unspecified atom stereocenters. The highest BCUT2D eigenvalue weighted by Gasteiger charge is 2.26. The van der Waals surface area contributed by atoms with Crippen LogP contribution >= 0.6 is 0 Å². The molecule has 5 heteroatoms. The number of hydrogen-bond acceptors (Lipinski definition) is 3. The minimum absolute atomic E-state index is 0.180. The third-order valence-electron chi connectivity index (χ3n) is 5.35. The molecule has 5 nitrogen and oxygen atoms in total.